The predicted octanol–water partition coefficient (Wildman–Crippen LogP) is 5.38. The van der Waals surface area contributed by atoms with Crippen LogP contribution in [0.4, 0.5) is 0 Å². The maximum atomic E-state index is 14.1. The lowest BCUT2D eigenvalue weighted by atomic mass is 9.63. The van der Waals surface area contributed by atoms with E-state index >= 15 is 0 Å². The minimum absolute atomic E-state index is 0.0141. The molecule has 7 heteroatoms. The summed E-state index contributed by atoms with van der Waals surface area (Å²) in [5, 5.41) is 3.83. The van der Waals surface area contributed by atoms with E-state index in [9.17, 15) is 9.59 Å². The van der Waals surface area contributed by atoms with Crippen LogP contribution < -0.4 is 11.1 Å². The highest BCUT2D eigenvalue weighted by Crippen LogP contribution is 2.46. The van der Waals surface area contributed by atoms with Gasteiger partial charge in [-0.05, 0) is 92.8 Å². The topological polar surface area (TPSA) is 78.7 Å². The number of nitrogens with zero attached hydrogens (tertiary/aromatic N) is 2. The first kappa shape index (κ1) is 30.1. The van der Waals surface area contributed by atoms with Gasteiger partial charge in [-0.2, -0.15) is 0 Å². The van der Waals surface area contributed by atoms with Gasteiger partial charge >= 0.3 is 0 Å². The summed E-state index contributed by atoms with van der Waals surface area (Å²) in [4.78, 5) is 32.2. The molecule has 1 saturated heterocycles. The smallest absolute Gasteiger partial charge is 0.245 e. The number of halogens is 1. The van der Waals surface area contributed by atoms with Crippen molar-refractivity contribution in [2.45, 2.75) is 76.3 Å². The van der Waals surface area contributed by atoms with Crippen molar-refractivity contribution in [1.29, 1.82) is 0 Å². The van der Waals surface area contributed by atoms with E-state index < -0.39 is 6.04 Å². The largest absolute Gasteiger partial charge is 0.344 e. The molecule has 0 aromatic heterocycles. The zero-order valence-electron chi connectivity index (χ0n) is 24.8. The maximum Gasteiger partial charge on any atom is 0.245 e. The lowest BCUT2D eigenvalue weighted by Gasteiger charge is -2.49. The summed E-state index contributed by atoms with van der Waals surface area (Å²) in [7, 11) is 4.35. The minimum Gasteiger partial charge on any atom is -0.344 e. The summed E-state index contributed by atoms with van der Waals surface area (Å²) in [5.41, 5.74) is 10.1. The zero-order valence-corrected chi connectivity index (χ0v) is 25.5. The van der Waals surface area contributed by atoms with Crippen molar-refractivity contribution in [3.05, 3.63) is 70.2 Å². The van der Waals surface area contributed by atoms with E-state index in [1.165, 1.54) is 37.7 Å². The zero-order chi connectivity index (χ0) is 29.0. The standard InChI is InChI=1S/C34H47ClN4O2/c1-38(2)23-34(26-9-4-3-5-10-26)18-20-39(21-19-34)33(41)30(22-24-12-15-27(35)16-13-24)37-32(40)29-17-14-25-8-6-7-11-28(25)31(29)36/h6-8,11-13,15-16,26,29-31H,3-5,9-10,14,17-23,36H2,1-2H3,(H,37,40)/t29?,30-,31?/m1/s1. The van der Waals surface area contributed by atoms with E-state index in [0.717, 1.165) is 55.9 Å². The second-order valence-electron chi connectivity index (χ2n) is 13.0. The highest BCUT2D eigenvalue weighted by Gasteiger charge is 2.44. The molecule has 1 heterocycles. The average molecular weight is 579 g/mol. The number of rotatable bonds is 8. The second kappa shape index (κ2) is 13.3. The minimum atomic E-state index is -0.635. The third kappa shape index (κ3) is 6.98. The fraction of sp³-hybridized carbons (Fsp3) is 0.588. The Balaban J connectivity index is 1.31. The Morgan fingerprint density at radius 3 is 2.39 bits per heavy atom. The molecule has 0 bridgehead atoms. The number of hydrogen-bond acceptors (Lipinski definition) is 4. The molecule has 1 saturated carbocycles. The van der Waals surface area contributed by atoms with Crippen LogP contribution in [0.25, 0.3) is 0 Å². The molecule has 0 radical (unpaired) electrons. The molecule has 2 aliphatic carbocycles. The van der Waals surface area contributed by atoms with Gasteiger partial charge in [0.05, 0.1) is 5.92 Å². The summed E-state index contributed by atoms with van der Waals surface area (Å²) in [6.07, 6.45) is 10.6. The molecule has 222 valence electrons. The van der Waals surface area contributed by atoms with Crippen molar-refractivity contribution in [3.8, 4) is 0 Å². The average Bonchev–Trinajstić information content (AvgIpc) is 2.98. The number of likely N-dealkylation sites (tertiary alicyclic amines) is 1. The first-order chi connectivity index (χ1) is 19.8. The molecule has 2 aromatic rings. The van der Waals surface area contributed by atoms with Crippen LogP contribution in [-0.4, -0.2) is 61.4 Å². The van der Waals surface area contributed by atoms with E-state index in [2.05, 4.69) is 30.4 Å². The first-order valence-electron chi connectivity index (χ1n) is 15.6. The number of carbonyl (C=O) groups is 2. The molecule has 3 atom stereocenters. The Morgan fingerprint density at radius 2 is 1.71 bits per heavy atom. The van der Waals surface area contributed by atoms with E-state index in [1.54, 1.807) is 0 Å². The van der Waals surface area contributed by atoms with Gasteiger partial charge in [0.1, 0.15) is 6.04 Å². The van der Waals surface area contributed by atoms with Gasteiger partial charge in [-0.25, -0.2) is 0 Å². The fourth-order valence-electron chi connectivity index (χ4n) is 7.86. The molecule has 3 N–H and O–H groups in total. The van der Waals surface area contributed by atoms with Crippen molar-refractivity contribution in [2.75, 3.05) is 33.7 Å². The van der Waals surface area contributed by atoms with Gasteiger partial charge in [0.15, 0.2) is 0 Å². The number of piperidine rings is 1. The highest BCUT2D eigenvalue weighted by molar-refractivity contribution is 6.30. The van der Waals surface area contributed by atoms with Crippen LogP contribution >= 0.6 is 11.6 Å². The summed E-state index contributed by atoms with van der Waals surface area (Å²) in [6.45, 7) is 2.56. The van der Waals surface area contributed by atoms with Crippen LogP contribution in [0.15, 0.2) is 48.5 Å². The van der Waals surface area contributed by atoms with E-state index in [4.69, 9.17) is 17.3 Å². The summed E-state index contributed by atoms with van der Waals surface area (Å²) in [5.74, 6) is 0.266. The van der Waals surface area contributed by atoms with Gasteiger partial charge in [-0.15, -0.1) is 0 Å². The monoisotopic (exact) mass is 578 g/mol. The lowest BCUT2D eigenvalue weighted by molar-refractivity contribution is -0.140. The third-order valence-electron chi connectivity index (χ3n) is 10.1. The molecule has 2 unspecified atom stereocenters. The molecule has 2 aromatic carbocycles. The predicted molar refractivity (Wildman–Crippen MR) is 166 cm³/mol. The summed E-state index contributed by atoms with van der Waals surface area (Å²) < 4.78 is 0. The van der Waals surface area contributed by atoms with Crippen molar-refractivity contribution in [3.63, 3.8) is 0 Å². The van der Waals surface area contributed by atoms with Crippen LogP contribution in [-0.2, 0) is 22.4 Å². The van der Waals surface area contributed by atoms with Crippen molar-refractivity contribution < 1.29 is 9.59 Å². The SMILES string of the molecule is CN(C)CC1(C2CCCCC2)CCN(C(=O)[C@@H](Cc2ccc(Cl)cc2)NC(=O)C2CCc3ccccc3C2N)CC1. The summed E-state index contributed by atoms with van der Waals surface area (Å²) >= 11 is 6.14. The number of benzene rings is 2. The van der Waals surface area contributed by atoms with Gasteiger partial charge in [-0.3, -0.25) is 9.59 Å². The van der Waals surface area contributed by atoms with Crippen LogP contribution in [0.1, 0.15) is 74.1 Å². The molecular formula is C34H47ClN4O2. The van der Waals surface area contributed by atoms with Crippen molar-refractivity contribution >= 4 is 23.4 Å². The molecule has 3 aliphatic rings. The Labute approximate surface area is 251 Å². The maximum absolute atomic E-state index is 14.1. The first-order valence-corrected chi connectivity index (χ1v) is 16.0. The molecule has 1 aliphatic heterocycles. The normalized spacial score (nSPS) is 23.6. The molecule has 2 amide bonds. The van der Waals surface area contributed by atoms with Crippen LogP contribution in [0.5, 0.6) is 0 Å². The Morgan fingerprint density at radius 1 is 1.02 bits per heavy atom. The quantitative estimate of drug-likeness (QED) is 0.441. The molecule has 41 heavy (non-hydrogen) atoms. The number of nitrogens with one attached hydrogen (secondary N) is 1. The highest BCUT2D eigenvalue weighted by atomic mass is 35.5. The molecule has 2 fully saturated rings. The Bertz CT molecular complexity index is 1190. The third-order valence-corrected chi connectivity index (χ3v) is 10.3. The van der Waals surface area contributed by atoms with Gasteiger partial charge in [0.25, 0.3) is 0 Å². The van der Waals surface area contributed by atoms with Crippen molar-refractivity contribution in [2.24, 2.45) is 23.0 Å². The Kier molecular flexibility index (Phi) is 9.73. The van der Waals surface area contributed by atoms with E-state index in [1.807, 2.05) is 47.4 Å². The van der Waals surface area contributed by atoms with Crippen LogP contribution in [0, 0.1) is 17.3 Å². The van der Waals surface area contributed by atoms with E-state index in [-0.39, 0.29) is 29.2 Å². The van der Waals surface area contributed by atoms with E-state index in [0.29, 0.717) is 17.9 Å². The van der Waals surface area contributed by atoms with Crippen molar-refractivity contribution in [1.82, 2.24) is 15.1 Å². The molecule has 0 spiro atoms. The number of hydrogen-bond donors (Lipinski definition) is 2. The number of carbonyl (C=O) groups excluding carboxylic acids is 2. The number of fused-ring (bicyclic) bond motifs is 1. The van der Waals surface area contributed by atoms with Crippen LogP contribution in [0.3, 0.4) is 0 Å². The fourth-order valence-corrected chi connectivity index (χ4v) is 7.98. The molecule has 5 rings (SSSR count). The van der Waals surface area contributed by atoms with Gasteiger partial charge in [0, 0.05) is 37.1 Å². The van der Waals surface area contributed by atoms with Gasteiger partial charge in [0.2, 0.25) is 11.8 Å². The second-order valence-corrected chi connectivity index (χ2v) is 13.5. The van der Waals surface area contributed by atoms with Crippen LogP contribution in [0.2, 0.25) is 5.02 Å². The van der Waals surface area contributed by atoms with Gasteiger partial charge in [-0.1, -0.05) is 67.3 Å². The number of amides is 2. The number of aryl methyl sites for hydroxylation is 1. The number of nitrogens with two attached hydrogens (primary N) is 1. The Hall–Kier alpha value is -2.41. The molecule has 6 nitrogen and oxygen atoms in total. The van der Waals surface area contributed by atoms with Gasteiger partial charge < -0.3 is 20.9 Å². The molecular weight excluding hydrogens is 532 g/mol. The summed E-state index contributed by atoms with van der Waals surface area (Å²) in [6, 6.07) is 14.7. The lowest BCUT2D eigenvalue weighted by Crippen LogP contribution is -2.56.